The summed E-state index contributed by atoms with van der Waals surface area (Å²) >= 11 is 0. The van der Waals surface area contributed by atoms with Gasteiger partial charge in [0.15, 0.2) is 12.0 Å². The molecule has 5 heteroatoms. The van der Waals surface area contributed by atoms with E-state index in [-0.39, 0.29) is 6.03 Å². The average molecular weight is 273 g/mol. The summed E-state index contributed by atoms with van der Waals surface area (Å²) in [6, 6.07) is 6.23. The quantitative estimate of drug-likeness (QED) is 0.899. The fourth-order valence-electron chi connectivity index (χ4n) is 2.68. The Morgan fingerprint density at radius 1 is 1.35 bits per heavy atom. The van der Waals surface area contributed by atoms with Gasteiger partial charge in [-0.3, -0.25) is 0 Å². The van der Waals surface area contributed by atoms with Crippen LogP contribution in [-0.2, 0) is 6.42 Å². The molecule has 1 aromatic heterocycles. The first-order chi connectivity index (χ1) is 9.81. The van der Waals surface area contributed by atoms with Gasteiger partial charge in [-0.05, 0) is 37.0 Å². The molecule has 2 N–H and O–H groups in total. The minimum absolute atomic E-state index is 0.0577. The second-order valence-corrected chi connectivity index (χ2v) is 5.29. The number of carbonyl (C=O) groups is 1. The van der Waals surface area contributed by atoms with Crippen LogP contribution < -0.4 is 10.6 Å². The number of fused-ring (bicyclic) bond motifs is 1. The van der Waals surface area contributed by atoms with Crippen LogP contribution in [0.5, 0.6) is 0 Å². The Labute approximate surface area is 117 Å². The summed E-state index contributed by atoms with van der Waals surface area (Å²) in [4.78, 5) is 15.8. The van der Waals surface area contributed by atoms with E-state index in [0.29, 0.717) is 12.6 Å². The van der Waals surface area contributed by atoms with Crippen LogP contribution in [0, 0.1) is 0 Å². The van der Waals surface area contributed by atoms with Gasteiger partial charge in [-0.1, -0.05) is 18.9 Å². The van der Waals surface area contributed by atoms with Gasteiger partial charge in [-0.15, -0.1) is 0 Å². The predicted molar refractivity (Wildman–Crippen MR) is 76.5 cm³/mol. The Kier molecular flexibility index (Phi) is 3.85. The number of amides is 2. The Balaban J connectivity index is 1.45. The second-order valence-electron chi connectivity index (χ2n) is 5.29. The Morgan fingerprint density at radius 3 is 3.05 bits per heavy atom. The number of aromatic nitrogens is 1. The largest absolute Gasteiger partial charge is 0.443 e. The molecular weight excluding hydrogens is 254 g/mol. The normalized spacial score (nSPS) is 15.6. The number of hydrogen-bond donors (Lipinski definition) is 2. The lowest BCUT2D eigenvalue weighted by atomic mass is 10.1. The molecule has 20 heavy (non-hydrogen) atoms. The minimum Gasteiger partial charge on any atom is -0.443 e. The molecule has 3 rings (SSSR count). The molecule has 0 aliphatic heterocycles. The van der Waals surface area contributed by atoms with Crippen LogP contribution >= 0.6 is 0 Å². The van der Waals surface area contributed by atoms with Gasteiger partial charge in [0, 0.05) is 12.6 Å². The van der Waals surface area contributed by atoms with E-state index in [9.17, 15) is 4.79 Å². The highest BCUT2D eigenvalue weighted by atomic mass is 16.3. The van der Waals surface area contributed by atoms with Crippen LogP contribution in [0.1, 0.15) is 31.2 Å². The molecule has 0 saturated heterocycles. The fraction of sp³-hybridized carbons (Fsp3) is 0.467. The van der Waals surface area contributed by atoms with E-state index in [1.54, 1.807) is 0 Å². The van der Waals surface area contributed by atoms with Gasteiger partial charge in [-0.2, -0.15) is 0 Å². The maximum Gasteiger partial charge on any atom is 0.315 e. The van der Waals surface area contributed by atoms with E-state index >= 15 is 0 Å². The maximum absolute atomic E-state index is 11.7. The first kappa shape index (κ1) is 13.0. The van der Waals surface area contributed by atoms with Crippen LogP contribution in [0.2, 0.25) is 0 Å². The number of rotatable bonds is 4. The van der Waals surface area contributed by atoms with Gasteiger partial charge in [0.05, 0.1) is 0 Å². The van der Waals surface area contributed by atoms with Gasteiger partial charge in [0.2, 0.25) is 0 Å². The molecule has 2 amide bonds. The Hall–Kier alpha value is -2.04. The van der Waals surface area contributed by atoms with Crippen LogP contribution in [-0.4, -0.2) is 23.6 Å². The first-order valence-corrected chi connectivity index (χ1v) is 7.18. The summed E-state index contributed by atoms with van der Waals surface area (Å²) in [5.41, 5.74) is 2.79. The summed E-state index contributed by atoms with van der Waals surface area (Å²) in [7, 11) is 0. The Morgan fingerprint density at radius 2 is 2.20 bits per heavy atom. The van der Waals surface area contributed by atoms with Crippen LogP contribution in [0.4, 0.5) is 4.79 Å². The van der Waals surface area contributed by atoms with Crippen molar-refractivity contribution in [1.29, 1.82) is 0 Å². The topological polar surface area (TPSA) is 67.2 Å². The van der Waals surface area contributed by atoms with Crippen molar-refractivity contribution in [1.82, 2.24) is 15.6 Å². The monoisotopic (exact) mass is 273 g/mol. The van der Waals surface area contributed by atoms with Crippen LogP contribution in [0.15, 0.2) is 29.0 Å². The summed E-state index contributed by atoms with van der Waals surface area (Å²) in [5.74, 6) is 0. The number of benzene rings is 1. The van der Waals surface area contributed by atoms with Crippen LogP contribution in [0.3, 0.4) is 0 Å². The molecule has 0 bridgehead atoms. The van der Waals surface area contributed by atoms with Crippen molar-refractivity contribution in [2.24, 2.45) is 0 Å². The van der Waals surface area contributed by atoms with Crippen molar-refractivity contribution in [2.75, 3.05) is 6.54 Å². The number of carbonyl (C=O) groups excluding carboxylic acids is 1. The molecule has 1 aliphatic carbocycles. The molecule has 2 aromatic rings. The van der Waals surface area contributed by atoms with Crippen molar-refractivity contribution < 1.29 is 9.21 Å². The minimum atomic E-state index is -0.0577. The van der Waals surface area contributed by atoms with E-state index in [4.69, 9.17) is 4.42 Å². The molecule has 0 spiro atoms. The van der Waals surface area contributed by atoms with Crippen molar-refractivity contribution in [3.05, 3.63) is 30.2 Å². The highest BCUT2D eigenvalue weighted by molar-refractivity contribution is 5.74. The van der Waals surface area contributed by atoms with Gasteiger partial charge < -0.3 is 15.1 Å². The fourth-order valence-corrected chi connectivity index (χ4v) is 2.68. The zero-order valence-electron chi connectivity index (χ0n) is 11.4. The maximum atomic E-state index is 11.7. The number of urea groups is 1. The van der Waals surface area contributed by atoms with Crippen molar-refractivity contribution in [3.63, 3.8) is 0 Å². The summed E-state index contributed by atoms with van der Waals surface area (Å²) in [5, 5.41) is 5.92. The molecular formula is C15H19N3O2. The molecule has 1 heterocycles. The zero-order chi connectivity index (χ0) is 13.8. The lowest BCUT2D eigenvalue weighted by molar-refractivity contribution is 0.237. The smallest absolute Gasteiger partial charge is 0.315 e. The number of nitrogens with zero attached hydrogens (tertiary/aromatic N) is 1. The first-order valence-electron chi connectivity index (χ1n) is 7.18. The molecule has 1 aromatic carbocycles. The lowest BCUT2D eigenvalue weighted by Gasteiger charge is -2.12. The summed E-state index contributed by atoms with van der Waals surface area (Å²) < 4.78 is 5.26. The number of hydrogen-bond acceptors (Lipinski definition) is 3. The third-order valence-electron chi connectivity index (χ3n) is 3.79. The van der Waals surface area contributed by atoms with E-state index in [0.717, 1.165) is 35.9 Å². The second kappa shape index (κ2) is 5.94. The molecule has 1 fully saturated rings. The van der Waals surface area contributed by atoms with Gasteiger partial charge in [0.1, 0.15) is 5.52 Å². The van der Waals surface area contributed by atoms with Crippen molar-refractivity contribution in [2.45, 2.75) is 38.1 Å². The van der Waals surface area contributed by atoms with Crippen LogP contribution in [0.25, 0.3) is 11.1 Å². The molecule has 106 valence electrons. The molecule has 1 saturated carbocycles. The highest BCUT2D eigenvalue weighted by Crippen LogP contribution is 2.17. The van der Waals surface area contributed by atoms with Crippen molar-refractivity contribution in [3.8, 4) is 0 Å². The van der Waals surface area contributed by atoms with Gasteiger partial charge >= 0.3 is 6.03 Å². The SMILES string of the molecule is O=C(NCCc1ccc2ncoc2c1)NC1CCCC1. The molecule has 1 aliphatic rings. The number of nitrogens with one attached hydrogen (secondary N) is 2. The zero-order valence-corrected chi connectivity index (χ0v) is 11.4. The lowest BCUT2D eigenvalue weighted by Crippen LogP contribution is -2.41. The number of oxazole rings is 1. The predicted octanol–water partition coefficient (Wildman–Crippen LogP) is 2.61. The third-order valence-corrected chi connectivity index (χ3v) is 3.79. The molecule has 0 unspecified atom stereocenters. The Bertz CT molecular complexity index is 588. The highest BCUT2D eigenvalue weighted by Gasteiger charge is 2.16. The molecule has 0 radical (unpaired) electrons. The third kappa shape index (κ3) is 3.10. The van der Waals surface area contributed by atoms with E-state index in [2.05, 4.69) is 15.6 Å². The van der Waals surface area contributed by atoms with E-state index in [1.165, 1.54) is 19.2 Å². The molecule has 5 nitrogen and oxygen atoms in total. The van der Waals surface area contributed by atoms with E-state index in [1.807, 2.05) is 18.2 Å². The van der Waals surface area contributed by atoms with Gasteiger partial charge in [0.25, 0.3) is 0 Å². The summed E-state index contributed by atoms with van der Waals surface area (Å²) in [6.45, 7) is 0.623. The molecule has 0 atom stereocenters. The summed E-state index contributed by atoms with van der Waals surface area (Å²) in [6.07, 6.45) is 6.89. The van der Waals surface area contributed by atoms with Gasteiger partial charge in [-0.25, -0.2) is 9.78 Å². The van der Waals surface area contributed by atoms with Crippen molar-refractivity contribution >= 4 is 17.1 Å². The standard InChI is InChI=1S/C15H19N3O2/c19-15(18-12-3-1-2-4-12)16-8-7-11-5-6-13-14(9-11)20-10-17-13/h5-6,9-10,12H,1-4,7-8H2,(H2,16,18,19). The average Bonchev–Trinajstić information content (AvgIpc) is 3.09. The van der Waals surface area contributed by atoms with E-state index < -0.39 is 0 Å².